The van der Waals surface area contributed by atoms with E-state index in [0.29, 0.717) is 39.6 Å². The molecule has 0 aliphatic heterocycles. The molecule has 0 aliphatic rings. The highest BCUT2D eigenvalue weighted by Gasteiger charge is 2.50. The van der Waals surface area contributed by atoms with E-state index in [4.69, 9.17) is 26.6 Å². The van der Waals surface area contributed by atoms with E-state index in [1.54, 1.807) is 0 Å². The zero-order chi connectivity index (χ0) is 38.4. The minimum absolute atomic E-state index is 0.230. The van der Waals surface area contributed by atoms with Gasteiger partial charge in [0, 0.05) is 39.6 Å². The van der Waals surface area contributed by atoms with Crippen LogP contribution in [-0.2, 0) is 26.6 Å². The fraction of sp³-hybridized carbons (Fsp3) is 1.00. The minimum atomic E-state index is -2.81. The van der Waals surface area contributed by atoms with Gasteiger partial charge in [0.15, 0.2) is 0 Å². The molecule has 6 nitrogen and oxygen atoms in total. The van der Waals surface area contributed by atoms with Crippen molar-refractivity contribution in [1.29, 1.82) is 0 Å². The van der Waals surface area contributed by atoms with Crippen LogP contribution in [0.15, 0.2) is 0 Å². The first-order valence-corrected chi connectivity index (χ1v) is 34.5. The van der Waals surface area contributed by atoms with E-state index in [2.05, 4.69) is 55.4 Å². The predicted octanol–water partition coefficient (Wildman–Crippen LogP) is 16.0. The summed E-state index contributed by atoms with van der Waals surface area (Å²) in [5, 5.41) is 0. The molecule has 2 atom stereocenters. The molecule has 0 amide bonds. The standard InChI is InChI=1S/C36H78O6S8Si2/c1-9-17-19-21-23-25-27-29-31-33-35(51(37-11-3,38-12-4)39-13-5)43-45-47-49-50-48-46-44-36(52(40-14-6,41-15-7)42-16-8)34-32-30-28-26-24-22-20-18-10-2/h35-36H,9-34H2,1-8H3. The van der Waals surface area contributed by atoms with Gasteiger partial charge in [-0.2, -0.15) is 0 Å². The van der Waals surface area contributed by atoms with Crippen molar-refractivity contribution >= 4 is 98.2 Å². The van der Waals surface area contributed by atoms with E-state index in [9.17, 15) is 0 Å². The summed E-state index contributed by atoms with van der Waals surface area (Å²) in [6.45, 7) is 20.7. The van der Waals surface area contributed by atoms with Gasteiger partial charge < -0.3 is 26.6 Å². The van der Waals surface area contributed by atoms with Crippen LogP contribution in [0.5, 0.6) is 0 Å². The Balaban J connectivity index is 5.00. The van der Waals surface area contributed by atoms with Crippen molar-refractivity contribution in [3.05, 3.63) is 0 Å². The van der Waals surface area contributed by atoms with Crippen molar-refractivity contribution in [2.45, 2.75) is 194 Å². The lowest BCUT2D eigenvalue weighted by Gasteiger charge is -2.34. The Kier molecular flexibility index (Phi) is 43.1. The molecule has 0 spiro atoms. The van der Waals surface area contributed by atoms with Crippen LogP contribution in [-0.4, -0.2) is 67.0 Å². The van der Waals surface area contributed by atoms with Gasteiger partial charge in [0.1, 0.15) is 0 Å². The van der Waals surface area contributed by atoms with Crippen LogP contribution in [0, 0.1) is 0 Å². The first kappa shape index (κ1) is 55.0. The van der Waals surface area contributed by atoms with Crippen LogP contribution < -0.4 is 0 Å². The Hall–Kier alpha value is 2.99. The fourth-order valence-corrected chi connectivity index (χ4v) is 34.7. The molecular weight excluding hydrogens is 841 g/mol. The summed E-state index contributed by atoms with van der Waals surface area (Å²) < 4.78 is 38.3. The van der Waals surface area contributed by atoms with Crippen molar-refractivity contribution in [2.75, 3.05) is 39.6 Å². The fourth-order valence-electron chi connectivity index (χ4n) is 6.04. The number of hydrogen-bond donors (Lipinski definition) is 0. The maximum absolute atomic E-state index is 6.38. The smallest absolute Gasteiger partial charge is 0.373 e. The Labute approximate surface area is 354 Å². The normalized spacial score (nSPS) is 13.6. The van der Waals surface area contributed by atoms with Crippen molar-refractivity contribution in [1.82, 2.24) is 0 Å². The monoisotopic (exact) mass is 918 g/mol. The SMILES string of the molecule is CCCCCCCCCCCC(SSSSSSSSC(CCCCCCCCCCC)[Si](OCC)(OCC)OCC)[Si](OCC)(OCC)OCC. The Morgan fingerprint density at radius 3 is 0.788 bits per heavy atom. The molecule has 0 bridgehead atoms. The first-order chi connectivity index (χ1) is 25.5. The van der Waals surface area contributed by atoms with Crippen LogP contribution in [0.3, 0.4) is 0 Å². The molecule has 52 heavy (non-hydrogen) atoms. The molecule has 314 valence electrons. The maximum Gasteiger partial charge on any atom is 0.515 e. The van der Waals surface area contributed by atoms with Gasteiger partial charge in [0.2, 0.25) is 0 Å². The summed E-state index contributed by atoms with van der Waals surface area (Å²) in [6, 6.07) is 0. The van der Waals surface area contributed by atoms with Gasteiger partial charge in [-0.1, -0.05) is 151 Å². The summed E-state index contributed by atoms with van der Waals surface area (Å²) in [7, 11) is 9.19. The quantitative estimate of drug-likeness (QED) is 0.0331. The van der Waals surface area contributed by atoms with Crippen LogP contribution in [0.2, 0.25) is 0 Å². The average Bonchev–Trinajstić information content (AvgIpc) is 3.13. The summed E-state index contributed by atoms with van der Waals surface area (Å²) in [5.74, 6) is 0. The number of hydrogen-bond acceptors (Lipinski definition) is 14. The average molecular weight is 920 g/mol. The lowest BCUT2D eigenvalue weighted by Crippen LogP contribution is -2.55. The van der Waals surface area contributed by atoms with Crippen LogP contribution in [0.1, 0.15) is 184 Å². The number of unbranched alkanes of at least 4 members (excludes halogenated alkanes) is 16. The van der Waals surface area contributed by atoms with E-state index < -0.39 is 17.6 Å². The molecule has 0 aromatic carbocycles. The highest BCUT2D eigenvalue weighted by atomic mass is 34.0. The second-order valence-electron chi connectivity index (χ2n) is 12.6. The maximum atomic E-state index is 6.38. The molecule has 0 saturated carbocycles. The van der Waals surface area contributed by atoms with Gasteiger partial charge in [0.25, 0.3) is 0 Å². The summed E-state index contributed by atoms with van der Waals surface area (Å²) in [4.78, 5) is 0.460. The highest BCUT2D eigenvalue weighted by Crippen LogP contribution is 2.59. The zero-order valence-corrected chi connectivity index (χ0v) is 42.8. The van der Waals surface area contributed by atoms with Crippen molar-refractivity contribution in [3.8, 4) is 0 Å². The molecule has 0 aliphatic carbocycles. The van der Waals surface area contributed by atoms with Gasteiger partial charge in [-0.3, -0.25) is 0 Å². The zero-order valence-electron chi connectivity index (χ0n) is 34.3. The van der Waals surface area contributed by atoms with Crippen LogP contribution in [0.25, 0.3) is 0 Å². The molecule has 16 heteroatoms. The van der Waals surface area contributed by atoms with Gasteiger partial charge in [-0.05, 0) is 113 Å². The number of rotatable bonds is 43. The molecule has 0 aromatic heterocycles. The summed E-state index contributed by atoms with van der Waals surface area (Å²) in [6.07, 6.45) is 26.1. The molecule has 0 radical (unpaired) electrons. The molecule has 0 rings (SSSR count). The minimum Gasteiger partial charge on any atom is -0.373 e. The third kappa shape index (κ3) is 27.6. The summed E-state index contributed by atoms with van der Waals surface area (Å²) >= 11 is 0. The molecule has 0 heterocycles. The largest absolute Gasteiger partial charge is 0.515 e. The lowest BCUT2D eigenvalue weighted by molar-refractivity contribution is 0.0680. The Bertz CT molecular complexity index is 652. The van der Waals surface area contributed by atoms with Gasteiger partial charge >= 0.3 is 17.6 Å². The van der Waals surface area contributed by atoms with E-state index in [1.807, 2.05) is 80.5 Å². The van der Waals surface area contributed by atoms with Gasteiger partial charge in [-0.25, -0.2) is 0 Å². The molecule has 0 N–H and O–H groups in total. The van der Waals surface area contributed by atoms with Crippen LogP contribution >= 0.6 is 80.5 Å². The van der Waals surface area contributed by atoms with Crippen molar-refractivity contribution in [3.63, 3.8) is 0 Å². The first-order valence-electron chi connectivity index (χ1n) is 20.6. The van der Waals surface area contributed by atoms with Crippen molar-refractivity contribution in [2.24, 2.45) is 0 Å². The topological polar surface area (TPSA) is 55.4 Å². The van der Waals surface area contributed by atoms with Crippen LogP contribution in [0.4, 0.5) is 0 Å². The lowest BCUT2D eigenvalue weighted by atomic mass is 10.1. The van der Waals surface area contributed by atoms with E-state index >= 15 is 0 Å². The van der Waals surface area contributed by atoms with E-state index in [0.717, 1.165) is 12.8 Å². The van der Waals surface area contributed by atoms with E-state index in [1.165, 1.54) is 116 Å². The van der Waals surface area contributed by atoms with Crippen molar-refractivity contribution < 1.29 is 26.6 Å². The summed E-state index contributed by atoms with van der Waals surface area (Å²) in [5.41, 5.74) is 0. The molecule has 0 saturated heterocycles. The second-order valence-corrected chi connectivity index (χ2v) is 32.3. The third-order valence-corrected chi connectivity index (χ3v) is 33.7. The van der Waals surface area contributed by atoms with Gasteiger partial charge in [0.05, 0.1) is 9.75 Å². The molecule has 0 aromatic rings. The molecular formula is C36H78O6S8Si2. The molecule has 0 fully saturated rings. The third-order valence-electron chi connectivity index (χ3n) is 8.45. The van der Waals surface area contributed by atoms with Gasteiger partial charge in [-0.15, -0.1) is 0 Å². The Morgan fingerprint density at radius 1 is 0.308 bits per heavy atom. The highest BCUT2D eigenvalue weighted by molar-refractivity contribution is 9.48. The molecule has 2 unspecified atom stereocenters. The predicted molar refractivity (Wildman–Crippen MR) is 253 cm³/mol. The van der Waals surface area contributed by atoms with E-state index in [-0.39, 0.29) is 9.75 Å². The Morgan fingerprint density at radius 2 is 0.538 bits per heavy atom. The second kappa shape index (κ2) is 40.8.